The lowest BCUT2D eigenvalue weighted by molar-refractivity contribution is -0.120. The lowest BCUT2D eigenvalue weighted by atomic mass is 10.2. The maximum Gasteiger partial charge on any atom is 0.272 e. The summed E-state index contributed by atoms with van der Waals surface area (Å²) in [6, 6.07) is 6.91. The van der Waals surface area contributed by atoms with Gasteiger partial charge >= 0.3 is 0 Å². The molecule has 0 spiro atoms. The molecule has 0 aliphatic heterocycles. The van der Waals surface area contributed by atoms with Crippen LogP contribution in [0.15, 0.2) is 28.8 Å². The second kappa shape index (κ2) is 6.18. The van der Waals surface area contributed by atoms with Crippen molar-refractivity contribution in [2.24, 2.45) is 0 Å². The van der Waals surface area contributed by atoms with E-state index in [-0.39, 0.29) is 12.4 Å². The van der Waals surface area contributed by atoms with E-state index in [1.54, 1.807) is 24.3 Å². The number of amides is 1. The highest BCUT2D eigenvalue weighted by Gasteiger charge is 2.30. The first kappa shape index (κ1) is 15.4. The van der Waals surface area contributed by atoms with Gasteiger partial charge in [0, 0.05) is 10.6 Å². The maximum absolute atomic E-state index is 11.3. The average Bonchev–Trinajstić information content (AvgIpc) is 2.84. The summed E-state index contributed by atoms with van der Waals surface area (Å²) >= 11 is 22.0. The summed E-state index contributed by atoms with van der Waals surface area (Å²) in [4.78, 5) is 15.4. The molecule has 0 aliphatic carbocycles. The fourth-order valence-corrected chi connectivity index (χ4v) is 1.63. The average molecular weight is 355 g/mol. The number of nitrogens with one attached hydrogen (secondary N) is 1. The number of carbonyl (C=O) groups is 1. The van der Waals surface area contributed by atoms with Crippen molar-refractivity contribution in [2.75, 3.05) is 0 Å². The largest absolute Gasteiger partial charge is 0.343 e. The van der Waals surface area contributed by atoms with E-state index >= 15 is 0 Å². The van der Waals surface area contributed by atoms with Gasteiger partial charge in [-0.1, -0.05) is 51.6 Å². The summed E-state index contributed by atoms with van der Waals surface area (Å²) in [7, 11) is 0. The summed E-state index contributed by atoms with van der Waals surface area (Å²) in [6.45, 7) is -0.0344. The molecular weight excluding hydrogens is 348 g/mol. The Hall–Kier alpha value is -1.01. The molecule has 20 heavy (non-hydrogen) atoms. The number of rotatable bonds is 3. The number of aromatic nitrogens is 2. The second-order valence-electron chi connectivity index (χ2n) is 3.70. The van der Waals surface area contributed by atoms with Gasteiger partial charge in [-0.2, -0.15) is 4.98 Å². The van der Waals surface area contributed by atoms with Gasteiger partial charge in [-0.05, 0) is 24.3 Å². The zero-order valence-corrected chi connectivity index (χ0v) is 12.8. The standard InChI is InChI=1S/C11H7Cl4N3O2/c12-7-3-1-6(2-4-7)9-17-8(20-18-9)5-16-10(19)11(13,14)15/h1-4H,5H2,(H,16,19). The minimum absolute atomic E-state index is 0.0344. The molecule has 2 aromatic rings. The van der Waals surface area contributed by atoms with Gasteiger partial charge in [0.05, 0.1) is 6.54 Å². The predicted octanol–water partition coefficient (Wildman–Crippen LogP) is 3.38. The van der Waals surface area contributed by atoms with Crippen molar-refractivity contribution >= 4 is 52.3 Å². The van der Waals surface area contributed by atoms with Crippen LogP contribution in [-0.2, 0) is 11.3 Å². The summed E-state index contributed by atoms with van der Waals surface area (Å²) in [5.41, 5.74) is 0.733. The van der Waals surface area contributed by atoms with Gasteiger partial charge in [0.15, 0.2) is 0 Å². The van der Waals surface area contributed by atoms with E-state index in [4.69, 9.17) is 50.9 Å². The third-order valence-corrected chi connectivity index (χ3v) is 3.00. The van der Waals surface area contributed by atoms with Gasteiger partial charge < -0.3 is 9.84 Å². The van der Waals surface area contributed by atoms with Crippen molar-refractivity contribution in [3.63, 3.8) is 0 Å². The van der Waals surface area contributed by atoms with E-state index in [0.717, 1.165) is 5.56 Å². The molecule has 2 rings (SSSR count). The zero-order valence-electron chi connectivity index (χ0n) is 9.74. The van der Waals surface area contributed by atoms with Gasteiger partial charge in [0.1, 0.15) is 0 Å². The molecule has 1 aromatic carbocycles. The smallest absolute Gasteiger partial charge is 0.272 e. The Morgan fingerprint density at radius 1 is 1.25 bits per heavy atom. The number of alkyl halides is 3. The highest BCUT2D eigenvalue weighted by molar-refractivity contribution is 6.76. The lowest BCUT2D eigenvalue weighted by Gasteiger charge is -2.09. The SMILES string of the molecule is O=C(NCc1nc(-c2ccc(Cl)cc2)no1)C(Cl)(Cl)Cl. The first-order valence-electron chi connectivity index (χ1n) is 5.30. The van der Waals surface area contributed by atoms with Crippen molar-refractivity contribution in [1.29, 1.82) is 0 Å². The van der Waals surface area contributed by atoms with Crippen molar-refractivity contribution in [3.05, 3.63) is 35.2 Å². The first-order valence-corrected chi connectivity index (χ1v) is 6.81. The maximum atomic E-state index is 11.3. The van der Waals surface area contributed by atoms with Gasteiger partial charge in [-0.25, -0.2) is 0 Å². The summed E-state index contributed by atoms with van der Waals surface area (Å²) in [6.07, 6.45) is 0. The molecule has 9 heteroatoms. The fourth-order valence-electron chi connectivity index (χ4n) is 1.30. The Kier molecular flexibility index (Phi) is 4.75. The van der Waals surface area contributed by atoms with E-state index in [9.17, 15) is 4.79 Å². The van der Waals surface area contributed by atoms with Crippen LogP contribution in [0.4, 0.5) is 0 Å². The number of benzene rings is 1. The van der Waals surface area contributed by atoms with Crippen LogP contribution in [0.25, 0.3) is 11.4 Å². The number of halogens is 4. The molecular formula is C11H7Cl4N3O2. The van der Waals surface area contributed by atoms with Crippen LogP contribution < -0.4 is 5.32 Å². The summed E-state index contributed by atoms with van der Waals surface area (Å²) in [5.74, 6) is -0.203. The molecule has 0 unspecified atom stereocenters. The van der Waals surface area contributed by atoms with E-state index in [0.29, 0.717) is 10.8 Å². The summed E-state index contributed by atoms with van der Waals surface area (Å²) in [5, 5.41) is 6.74. The monoisotopic (exact) mass is 353 g/mol. The van der Waals surface area contributed by atoms with Crippen LogP contribution in [0.5, 0.6) is 0 Å². The van der Waals surface area contributed by atoms with Crippen LogP contribution in [-0.4, -0.2) is 19.8 Å². The minimum atomic E-state index is -2.03. The Morgan fingerprint density at radius 3 is 2.50 bits per heavy atom. The number of hydrogen-bond acceptors (Lipinski definition) is 4. The number of nitrogens with zero attached hydrogens (tertiary/aromatic N) is 2. The van der Waals surface area contributed by atoms with Crippen LogP contribution in [0.2, 0.25) is 5.02 Å². The van der Waals surface area contributed by atoms with Crippen molar-refractivity contribution in [2.45, 2.75) is 10.3 Å². The molecule has 1 aromatic heterocycles. The molecule has 1 heterocycles. The topological polar surface area (TPSA) is 68.0 Å². The fraction of sp³-hybridized carbons (Fsp3) is 0.182. The number of hydrogen-bond donors (Lipinski definition) is 1. The molecule has 1 N–H and O–H groups in total. The second-order valence-corrected chi connectivity index (χ2v) is 6.42. The molecule has 0 fully saturated rings. The van der Waals surface area contributed by atoms with Crippen molar-refractivity contribution < 1.29 is 9.32 Å². The van der Waals surface area contributed by atoms with E-state index in [1.807, 2.05) is 0 Å². The summed E-state index contributed by atoms with van der Waals surface area (Å²) < 4.78 is 2.95. The molecule has 0 saturated carbocycles. The van der Waals surface area contributed by atoms with Crippen molar-refractivity contribution in [1.82, 2.24) is 15.5 Å². The molecule has 0 atom stereocenters. The number of carbonyl (C=O) groups excluding carboxylic acids is 1. The van der Waals surface area contributed by atoms with Crippen LogP contribution >= 0.6 is 46.4 Å². The van der Waals surface area contributed by atoms with Gasteiger partial charge in [0.2, 0.25) is 11.7 Å². The van der Waals surface area contributed by atoms with E-state index < -0.39 is 9.70 Å². The predicted molar refractivity (Wildman–Crippen MR) is 76.9 cm³/mol. The molecule has 106 valence electrons. The molecule has 0 saturated heterocycles. The van der Waals surface area contributed by atoms with Crippen LogP contribution in [0.1, 0.15) is 5.89 Å². The Balaban J connectivity index is 2.03. The van der Waals surface area contributed by atoms with Gasteiger partial charge in [-0.3, -0.25) is 4.79 Å². The Labute approximate surface area is 134 Å². The van der Waals surface area contributed by atoms with Crippen molar-refractivity contribution in [3.8, 4) is 11.4 Å². The normalized spacial score (nSPS) is 11.4. The molecule has 5 nitrogen and oxygen atoms in total. The highest BCUT2D eigenvalue weighted by atomic mass is 35.6. The quantitative estimate of drug-likeness (QED) is 0.858. The highest BCUT2D eigenvalue weighted by Crippen LogP contribution is 2.26. The third kappa shape index (κ3) is 3.99. The van der Waals surface area contributed by atoms with Crippen LogP contribution in [0.3, 0.4) is 0 Å². The third-order valence-electron chi connectivity index (χ3n) is 2.23. The molecule has 0 radical (unpaired) electrons. The molecule has 1 amide bonds. The van der Waals surface area contributed by atoms with Crippen LogP contribution in [0, 0.1) is 0 Å². The lowest BCUT2D eigenvalue weighted by Crippen LogP contribution is -2.34. The van der Waals surface area contributed by atoms with E-state index in [2.05, 4.69) is 15.5 Å². The molecule has 0 aliphatic rings. The Morgan fingerprint density at radius 2 is 1.90 bits per heavy atom. The first-order chi connectivity index (χ1) is 9.36. The zero-order chi connectivity index (χ0) is 14.8. The van der Waals surface area contributed by atoms with E-state index in [1.165, 1.54) is 0 Å². The Bertz CT molecular complexity index is 607. The van der Waals surface area contributed by atoms with Gasteiger partial charge in [0.25, 0.3) is 9.70 Å². The van der Waals surface area contributed by atoms with Gasteiger partial charge in [-0.15, -0.1) is 0 Å². The minimum Gasteiger partial charge on any atom is -0.343 e. The molecule has 0 bridgehead atoms.